The molecule has 2 aliphatic rings. The Kier molecular flexibility index (Phi) is 16.9. The Morgan fingerprint density at radius 1 is 0.435 bits per heavy atom. The van der Waals surface area contributed by atoms with Gasteiger partial charge in [-0.25, -0.2) is 9.97 Å². The summed E-state index contributed by atoms with van der Waals surface area (Å²) < 4.78 is 53.1. The Morgan fingerprint density at radius 3 is 1.26 bits per heavy atom. The molecule has 69 heavy (non-hydrogen) atoms. The van der Waals surface area contributed by atoms with E-state index in [2.05, 4.69) is 4.98 Å². The van der Waals surface area contributed by atoms with Gasteiger partial charge in [0.2, 0.25) is 5.79 Å². The number of rotatable bonds is 22. The summed E-state index contributed by atoms with van der Waals surface area (Å²) in [6.07, 6.45) is -6.09. The molecule has 1 unspecified atom stereocenters. The van der Waals surface area contributed by atoms with Gasteiger partial charge in [-0.1, -0.05) is 205 Å². The van der Waals surface area contributed by atoms with E-state index >= 15 is 0 Å². The van der Waals surface area contributed by atoms with E-state index in [-0.39, 0.29) is 61.3 Å². The van der Waals surface area contributed by atoms with Crippen molar-refractivity contribution in [1.29, 1.82) is 0 Å². The fraction of sp³-hybridized carbons (Fsp3) is 0.286. The first kappa shape index (κ1) is 48.6. The Labute approximate surface area is 412 Å². The van der Waals surface area contributed by atoms with Gasteiger partial charge in [-0.3, -0.25) is 0 Å². The van der Waals surface area contributed by atoms with Gasteiger partial charge in [-0.15, -0.1) is 0 Å². The highest BCUT2D eigenvalue weighted by Crippen LogP contribution is 2.46. The van der Waals surface area contributed by atoms with Gasteiger partial charge in [0, 0.05) is 0 Å². The molecule has 3 heterocycles. The van der Waals surface area contributed by atoms with Crippen molar-refractivity contribution in [2.24, 2.45) is 0 Å². The molecule has 0 radical (unpaired) electrons. The van der Waals surface area contributed by atoms with Gasteiger partial charge < -0.3 is 43.0 Å². The third-order valence-corrected chi connectivity index (χ3v) is 12.6. The number of benzene rings is 6. The molecule has 1 N–H and O–H groups in total. The van der Waals surface area contributed by atoms with Crippen LogP contribution in [0.4, 0.5) is 0 Å². The highest BCUT2D eigenvalue weighted by molar-refractivity contribution is 6.33. The summed E-state index contributed by atoms with van der Waals surface area (Å²) in [4.78, 5) is 9.67. The van der Waals surface area contributed by atoms with E-state index in [9.17, 15) is 5.11 Å². The zero-order chi connectivity index (χ0) is 47.3. The molecule has 0 saturated carbocycles. The summed E-state index contributed by atoms with van der Waals surface area (Å²) in [5, 5.41) is 13.0. The summed E-state index contributed by atoms with van der Waals surface area (Å²) >= 11 is 14.1. The molecule has 356 valence electrons. The zero-order valence-corrected chi connectivity index (χ0v) is 39.4. The maximum atomic E-state index is 13.2. The average Bonchev–Trinajstić information content (AvgIpc) is 3.87. The minimum atomic E-state index is -2.35. The van der Waals surface area contributed by atoms with Crippen LogP contribution in [0.1, 0.15) is 50.9 Å². The summed E-state index contributed by atoms with van der Waals surface area (Å²) in [5.41, 5.74) is 5.66. The number of halogens is 2. The van der Waals surface area contributed by atoms with Gasteiger partial charge >= 0.3 is 0 Å². The molecule has 0 amide bonds. The minimum Gasteiger partial charge on any atom is -0.374 e. The number of ether oxygens (including phenoxy) is 8. The van der Waals surface area contributed by atoms with E-state index in [1.807, 2.05) is 182 Å². The molecule has 11 nitrogen and oxygen atoms in total. The summed E-state index contributed by atoms with van der Waals surface area (Å²) in [5.74, 6) is -2.35. The van der Waals surface area contributed by atoms with Crippen LogP contribution in [0.15, 0.2) is 182 Å². The molecule has 7 aromatic rings. The van der Waals surface area contributed by atoms with Crippen LogP contribution >= 0.6 is 23.2 Å². The van der Waals surface area contributed by atoms with E-state index in [0.717, 1.165) is 33.4 Å². The predicted molar refractivity (Wildman–Crippen MR) is 261 cm³/mol. The smallest absolute Gasteiger partial charge is 0.243 e. The van der Waals surface area contributed by atoms with Gasteiger partial charge in [0.25, 0.3) is 0 Å². The van der Waals surface area contributed by atoms with E-state index in [1.54, 1.807) is 0 Å². The van der Waals surface area contributed by atoms with Crippen molar-refractivity contribution in [2.45, 2.75) is 88.2 Å². The topological polar surface area (TPSA) is 120 Å². The van der Waals surface area contributed by atoms with Gasteiger partial charge in [0.15, 0.2) is 10.3 Å². The Hall–Kier alpha value is -5.38. The fourth-order valence-electron chi connectivity index (χ4n) is 8.58. The molecule has 8 atom stereocenters. The number of hydrogen-bond donors (Lipinski definition) is 1. The molecule has 1 aromatic heterocycles. The number of nitrogens with zero attached hydrogens (tertiary/aromatic N) is 2. The van der Waals surface area contributed by atoms with Crippen molar-refractivity contribution < 1.29 is 43.0 Å². The first-order chi connectivity index (χ1) is 33.9. The number of aromatic nitrogens is 2. The van der Waals surface area contributed by atoms with Crippen molar-refractivity contribution >= 4 is 23.2 Å². The molecular weight excluding hydrogens is 916 g/mol. The molecular formula is C56H54Cl2N2O9. The fourth-order valence-corrected chi connectivity index (χ4v) is 9.12. The van der Waals surface area contributed by atoms with Crippen molar-refractivity contribution in [3.05, 3.63) is 237 Å². The third-order valence-electron chi connectivity index (χ3n) is 12.1. The van der Waals surface area contributed by atoms with Crippen LogP contribution in [0.25, 0.3) is 0 Å². The number of hydrogen-bond acceptors (Lipinski definition) is 11. The van der Waals surface area contributed by atoms with Crippen LogP contribution in [-0.4, -0.2) is 64.9 Å². The second-order valence-electron chi connectivity index (χ2n) is 17.0. The van der Waals surface area contributed by atoms with Gasteiger partial charge in [0.1, 0.15) is 54.1 Å². The van der Waals surface area contributed by atoms with Crippen molar-refractivity contribution in [2.75, 3.05) is 13.2 Å². The normalized spacial score (nSPS) is 23.3. The Balaban J connectivity index is 1.08. The van der Waals surface area contributed by atoms with Crippen molar-refractivity contribution in [1.82, 2.24) is 9.97 Å². The first-order valence-electron chi connectivity index (χ1n) is 23.1. The van der Waals surface area contributed by atoms with E-state index in [1.165, 1.54) is 0 Å². The second-order valence-corrected chi connectivity index (χ2v) is 17.7. The maximum Gasteiger partial charge on any atom is 0.243 e. The first-order valence-corrected chi connectivity index (χ1v) is 23.8. The lowest BCUT2D eigenvalue weighted by molar-refractivity contribution is -0.255. The molecule has 2 fully saturated rings. The van der Waals surface area contributed by atoms with E-state index < -0.39 is 48.5 Å². The SMILES string of the molecule is OC1(c2nc([C@@H]3O[C@H](COCc4ccccc4)[C@@H](OCc4ccccc4)[C@H]3OCc3ccccc3)c(Cl)nc2Cl)O[C@H](COCc2ccccc2)[C@@H](OCc2ccccc2)[C@H]1OCc1ccccc1. The molecule has 13 heteroatoms. The maximum absolute atomic E-state index is 13.2. The van der Waals surface area contributed by atoms with Gasteiger partial charge in [0.05, 0.1) is 52.9 Å². The van der Waals surface area contributed by atoms with Gasteiger partial charge in [-0.05, 0) is 33.4 Å². The van der Waals surface area contributed by atoms with E-state index in [4.69, 9.17) is 66.1 Å². The van der Waals surface area contributed by atoms with E-state index in [0.29, 0.717) is 13.2 Å². The molecule has 2 aliphatic heterocycles. The summed E-state index contributed by atoms with van der Waals surface area (Å²) in [6, 6.07) is 58.8. The molecule has 2 saturated heterocycles. The molecule has 9 rings (SSSR count). The Morgan fingerprint density at radius 2 is 0.812 bits per heavy atom. The van der Waals surface area contributed by atoms with Crippen LogP contribution < -0.4 is 0 Å². The minimum absolute atomic E-state index is 0.0274. The van der Waals surface area contributed by atoms with Crippen molar-refractivity contribution in [3.8, 4) is 0 Å². The lowest BCUT2D eigenvalue weighted by atomic mass is 10.0. The number of aliphatic hydroxyl groups is 1. The predicted octanol–water partition coefficient (Wildman–Crippen LogP) is 10.5. The molecule has 6 aromatic carbocycles. The standard InChI is InChI=1S/C56H54Cl2N2O9/c57-54-47(50-51(66-35-43-27-15-5-16-28-43)48(64-33-41-23-11-3-12-24-41)45(68-50)37-62-31-39-19-7-1-8-20-39)59-52(55(58)60-54)56(61)53(67-36-44-29-17-6-18-30-44)49(65-34-42-25-13-4-14-26-42)46(69-56)38-63-32-40-21-9-2-10-22-40/h1-30,45-46,48-51,53,61H,31-38H2/t45-,46-,48-,49-,50+,51-,53-,56?/m1/s1. The lowest BCUT2D eigenvalue weighted by Gasteiger charge is -2.31. The second kappa shape index (κ2) is 24.0. The lowest BCUT2D eigenvalue weighted by Crippen LogP contribution is -2.45. The monoisotopic (exact) mass is 968 g/mol. The molecule has 0 spiro atoms. The quantitative estimate of drug-likeness (QED) is 0.0699. The Bertz CT molecular complexity index is 2630. The average molecular weight is 970 g/mol. The third kappa shape index (κ3) is 12.5. The van der Waals surface area contributed by atoms with Crippen LogP contribution in [0.3, 0.4) is 0 Å². The summed E-state index contributed by atoms with van der Waals surface area (Å²) in [7, 11) is 0. The largest absolute Gasteiger partial charge is 0.374 e. The van der Waals surface area contributed by atoms with Crippen LogP contribution in [-0.2, 0) is 83.3 Å². The highest BCUT2D eigenvalue weighted by atomic mass is 35.5. The molecule has 0 bridgehead atoms. The van der Waals surface area contributed by atoms with Crippen LogP contribution in [0, 0.1) is 0 Å². The van der Waals surface area contributed by atoms with Crippen LogP contribution in [0.2, 0.25) is 10.3 Å². The van der Waals surface area contributed by atoms with Crippen LogP contribution in [0.5, 0.6) is 0 Å². The zero-order valence-electron chi connectivity index (χ0n) is 37.9. The van der Waals surface area contributed by atoms with Gasteiger partial charge in [-0.2, -0.15) is 0 Å². The summed E-state index contributed by atoms with van der Waals surface area (Å²) in [6.45, 7) is 1.57. The van der Waals surface area contributed by atoms with Crippen molar-refractivity contribution in [3.63, 3.8) is 0 Å². The molecule has 0 aliphatic carbocycles. The highest BCUT2D eigenvalue weighted by Gasteiger charge is 2.60.